The normalized spacial score (nSPS) is 15.9. The lowest BCUT2D eigenvalue weighted by Crippen LogP contribution is -2.40. The van der Waals surface area contributed by atoms with Crippen molar-refractivity contribution in [3.8, 4) is 11.8 Å². The molecule has 1 aliphatic rings. The van der Waals surface area contributed by atoms with Crippen molar-refractivity contribution >= 4 is 26.8 Å². The third-order valence-corrected chi connectivity index (χ3v) is 8.44. The molecule has 7 nitrogen and oxygen atoms in total. The number of sulfonamides is 1. The highest BCUT2D eigenvalue weighted by atomic mass is 32.2. The number of hydrogen-bond acceptors (Lipinski definition) is 6. The number of carbonyl (C=O) groups excluding carboxylic acids is 1. The summed E-state index contributed by atoms with van der Waals surface area (Å²) in [5.41, 5.74) is 2.12. The van der Waals surface area contributed by atoms with Crippen LogP contribution in [0.4, 0.5) is 8.78 Å². The van der Waals surface area contributed by atoms with Gasteiger partial charge in [0.1, 0.15) is 29.6 Å². The SMILES string of the molecule is N#Cc1ccc(COc2cc(F)cc(CCC(=O)[C@@H]3CCCN3S(=O)(=O)c3cc4cc(F)ccc4o3)c2)cc1. The van der Waals surface area contributed by atoms with Crippen molar-refractivity contribution in [3.63, 3.8) is 0 Å². The number of carbonyl (C=O) groups is 1. The van der Waals surface area contributed by atoms with E-state index in [0.29, 0.717) is 35.1 Å². The van der Waals surface area contributed by atoms with E-state index in [4.69, 9.17) is 14.4 Å². The fraction of sp³-hybridized carbons (Fsp3) is 0.241. The highest BCUT2D eigenvalue weighted by molar-refractivity contribution is 7.89. The molecule has 0 saturated carbocycles. The second kappa shape index (κ2) is 11.0. The fourth-order valence-electron chi connectivity index (χ4n) is 4.71. The summed E-state index contributed by atoms with van der Waals surface area (Å²) >= 11 is 0. The van der Waals surface area contributed by atoms with Gasteiger partial charge in [0.15, 0.2) is 5.78 Å². The van der Waals surface area contributed by atoms with Crippen molar-refractivity contribution in [2.45, 2.75) is 43.4 Å². The molecular formula is C29H24F2N2O5S. The molecule has 1 saturated heterocycles. The molecule has 0 spiro atoms. The predicted octanol–water partition coefficient (Wildman–Crippen LogP) is 5.52. The number of ether oxygens (including phenoxy) is 1. The van der Waals surface area contributed by atoms with Crippen LogP contribution in [0.1, 0.15) is 36.0 Å². The standard InChI is InChI=1S/C29H24F2N2O5S/c30-23-8-10-28-22(14-23)15-29(38-28)39(35,36)33-11-1-2-26(33)27(34)9-7-21-12-24(31)16-25(13-21)37-18-20-5-3-19(17-32)4-6-20/h3-6,8,10,12-16,26H,1-2,7,9,11,18H2/t26-/m0/s1. The number of rotatable bonds is 9. The van der Waals surface area contributed by atoms with E-state index in [1.807, 2.05) is 6.07 Å². The first kappa shape index (κ1) is 26.5. The molecule has 2 heterocycles. The molecule has 0 radical (unpaired) electrons. The van der Waals surface area contributed by atoms with Crippen LogP contribution in [0.2, 0.25) is 0 Å². The van der Waals surface area contributed by atoms with Gasteiger partial charge in [-0.3, -0.25) is 4.79 Å². The van der Waals surface area contributed by atoms with Crippen LogP contribution in [0.5, 0.6) is 5.75 Å². The number of benzene rings is 3. The Hall–Kier alpha value is -4.07. The summed E-state index contributed by atoms with van der Waals surface area (Å²) < 4.78 is 66.7. The van der Waals surface area contributed by atoms with Gasteiger partial charge in [-0.1, -0.05) is 12.1 Å². The topological polar surface area (TPSA) is 101 Å². The predicted molar refractivity (Wildman–Crippen MR) is 138 cm³/mol. The van der Waals surface area contributed by atoms with Gasteiger partial charge in [-0.15, -0.1) is 0 Å². The first-order valence-electron chi connectivity index (χ1n) is 12.4. The molecule has 200 valence electrons. The van der Waals surface area contributed by atoms with Crippen LogP contribution in [0.15, 0.2) is 76.2 Å². The quantitative estimate of drug-likeness (QED) is 0.272. The second-order valence-corrected chi connectivity index (χ2v) is 11.2. The zero-order valence-electron chi connectivity index (χ0n) is 20.8. The van der Waals surface area contributed by atoms with Gasteiger partial charge in [0.05, 0.1) is 17.7 Å². The number of nitriles is 1. The molecule has 0 bridgehead atoms. The Morgan fingerprint density at radius 3 is 2.59 bits per heavy atom. The van der Waals surface area contributed by atoms with Gasteiger partial charge in [0.2, 0.25) is 5.09 Å². The largest absolute Gasteiger partial charge is 0.489 e. The van der Waals surface area contributed by atoms with Crippen molar-refractivity contribution in [2.75, 3.05) is 6.54 Å². The molecule has 10 heteroatoms. The number of furan rings is 1. The van der Waals surface area contributed by atoms with E-state index >= 15 is 0 Å². The van der Waals surface area contributed by atoms with Gasteiger partial charge in [0.25, 0.3) is 10.0 Å². The van der Waals surface area contributed by atoms with Crippen molar-refractivity contribution < 1.29 is 31.1 Å². The molecule has 1 aromatic heterocycles. The average molecular weight is 551 g/mol. The summed E-state index contributed by atoms with van der Waals surface area (Å²) in [6, 6.07) is 17.2. The van der Waals surface area contributed by atoms with Crippen LogP contribution >= 0.6 is 0 Å². The van der Waals surface area contributed by atoms with Crippen molar-refractivity contribution in [3.05, 3.63) is 95.1 Å². The maximum Gasteiger partial charge on any atom is 0.277 e. The summed E-state index contributed by atoms with van der Waals surface area (Å²) in [5.74, 6) is -1.00. The average Bonchev–Trinajstić information content (AvgIpc) is 3.59. The monoisotopic (exact) mass is 550 g/mol. The Bertz CT molecular complexity index is 1680. The summed E-state index contributed by atoms with van der Waals surface area (Å²) in [5, 5.41) is 8.89. The Morgan fingerprint density at radius 1 is 1.03 bits per heavy atom. The summed E-state index contributed by atoms with van der Waals surface area (Å²) in [6.45, 7) is 0.342. The third kappa shape index (κ3) is 5.85. The van der Waals surface area contributed by atoms with E-state index in [1.54, 1.807) is 30.3 Å². The highest BCUT2D eigenvalue weighted by Crippen LogP contribution is 2.31. The minimum Gasteiger partial charge on any atom is -0.489 e. The van der Waals surface area contributed by atoms with E-state index in [2.05, 4.69) is 0 Å². The smallest absolute Gasteiger partial charge is 0.277 e. The zero-order chi connectivity index (χ0) is 27.6. The van der Waals surface area contributed by atoms with Crippen molar-refractivity contribution in [1.29, 1.82) is 5.26 Å². The number of ketones is 1. The summed E-state index contributed by atoms with van der Waals surface area (Å²) in [4.78, 5) is 13.1. The number of halogens is 2. The number of aryl methyl sites for hydroxylation is 1. The van der Waals surface area contributed by atoms with E-state index in [-0.39, 0.29) is 42.5 Å². The van der Waals surface area contributed by atoms with Crippen LogP contribution in [0.3, 0.4) is 0 Å². The molecular weight excluding hydrogens is 526 g/mol. The molecule has 0 N–H and O–H groups in total. The van der Waals surface area contributed by atoms with E-state index < -0.39 is 27.7 Å². The molecule has 4 aromatic rings. The number of fused-ring (bicyclic) bond motifs is 1. The lowest BCUT2D eigenvalue weighted by atomic mass is 10.0. The minimum absolute atomic E-state index is 0.0144. The van der Waals surface area contributed by atoms with Crippen LogP contribution in [-0.2, 0) is 27.8 Å². The van der Waals surface area contributed by atoms with Gasteiger partial charge in [-0.05, 0) is 72.9 Å². The maximum absolute atomic E-state index is 14.3. The third-order valence-electron chi connectivity index (χ3n) is 6.67. The zero-order valence-corrected chi connectivity index (χ0v) is 21.6. The molecule has 0 aliphatic carbocycles. The summed E-state index contributed by atoms with van der Waals surface area (Å²) in [6.07, 6.45) is 1.10. The first-order valence-corrected chi connectivity index (χ1v) is 13.8. The van der Waals surface area contributed by atoms with Crippen LogP contribution in [-0.4, -0.2) is 31.1 Å². The lowest BCUT2D eigenvalue weighted by Gasteiger charge is -2.21. The van der Waals surface area contributed by atoms with E-state index in [9.17, 15) is 22.0 Å². The van der Waals surface area contributed by atoms with Gasteiger partial charge >= 0.3 is 0 Å². The Kier molecular flexibility index (Phi) is 7.46. The van der Waals surface area contributed by atoms with Crippen LogP contribution in [0.25, 0.3) is 11.0 Å². The fourth-order valence-corrected chi connectivity index (χ4v) is 6.34. The second-order valence-electron chi connectivity index (χ2n) is 9.38. The lowest BCUT2D eigenvalue weighted by molar-refractivity contribution is -0.122. The molecule has 0 unspecified atom stereocenters. The molecule has 3 aromatic carbocycles. The van der Waals surface area contributed by atoms with Crippen molar-refractivity contribution in [2.24, 2.45) is 0 Å². The Morgan fingerprint density at radius 2 is 1.82 bits per heavy atom. The van der Waals surface area contributed by atoms with Gasteiger partial charge < -0.3 is 9.15 Å². The maximum atomic E-state index is 14.3. The Labute approximate surface area is 224 Å². The molecule has 0 amide bonds. The van der Waals surface area contributed by atoms with E-state index in [0.717, 1.165) is 9.87 Å². The summed E-state index contributed by atoms with van der Waals surface area (Å²) in [7, 11) is -4.12. The van der Waals surface area contributed by atoms with Gasteiger partial charge in [0, 0.05) is 30.5 Å². The van der Waals surface area contributed by atoms with E-state index in [1.165, 1.54) is 36.4 Å². The molecule has 5 rings (SSSR count). The first-order chi connectivity index (χ1) is 18.7. The van der Waals surface area contributed by atoms with Crippen LogP contribution in [0, 0.1) is 23.0 Å². The molecule has 39 heavy (non-hydrogen) atoms. The molecule has 1 aliphatic heterocycles. The van der Waals surface area contributed by atoms with Gasteiger partial charge in [-0.2, -0.15) is 9.57 Å². The van der Waals surface area contributed by atoms with Crippen molar-refractivity contribution in [1.82, 2.24) is 4.31 Å². The number of hydrogen-bond donors (Lipinski definition) is 0. The number of Topliss-reactive ketones (excluding diaryl/α,β-unsaturated/α-hetero) is 1. The number of nitrogens with zero attached hydrogens (tertiary/aromatic N) is 2. The molecule has 1 atom stereocenters. The Balaban J connectivity index is 1.24. The highest BCUT2D eigenvalue weighted by Gasteiger charge is 2.40. The minimum atomic E-state index is -4.12. The molecule has 1 fully saturated rings. The van der Waals surface area contributed by atoms with Gasteiger partial charge in [-0.25, -0.2) is 17.2 Å². The van der Waals surface area contributed by atoms with Crippen LogP contribution < -0.4 is 4.74 Å².